The molecule has 0 aliphatic carbocycles. The van der Waals surface area contributed by atoms with Gasteiger partial charge in [-0.05, 0) is 56.1 Å². The van der Waals surface area contributed by atoms with Gasteiger partial charge >= 0.3 is 6.03 Å². The van der Waals surface area contributed by atoms with Gasteiger partial charge in [-0.25, -0.2) is 14.8 Å². The SMILES string of the molecule is CC(C)NC(=O)c1cnc(Nc2ccc3c(c2)CNCC3)nc1Nc1ccnc(NC(N)=O)c1. The van der Waals surface area contributed by atoms with Crippen molar-refractivity contribution >= 4 is 40.9 Å². The second kappa shape index (κ2) is 10.1. The number of anilines is 5. The highest BCUT2D eigenvalue weighted by Crippen LogP contribution is 2.24. The van der Waals surface area contributed by atoms with Gasteiger partial charge in [0.25, 0.3) is 5.91 Å². The molecule has 0 unspecified atom stereocenters. The monoisotopic (exact) mass is 461 g/mol. The average molecular weight is 462 g/mol. The van der Waals surface area contributed by atoms with Crippen LogP contribution in [0.3, 0.4) is 0 Å². The predicted molar refractivity (Wildman–Crippen MR) is 130 cm³/mol. The molecule has 1 aliphatic rings. The number of nitrogens with one attached hydrogen (secondary N) is 5. The molecule has 0 bridgehead atoms. The number of aromatic nitrogens is 3. The van der Waals surface area contributed by atoms with Crippen molar-refractivity contribution in [1.29, 1.82) is 0 Å². The standard InChI is InChI=1S/C23H27N9O2/c1-13(2)28-21(33)18-12-27-23(30-16-4-3-14-5-7-25-11-15(14)9-16)32-20(18)29-17-6-8-26-19(10-17)31-22(24)34/h3-4,6,8-10,12-13,25H,5,7,11H2,1-2H3,(H,28,33)(H5,24,26,27,29,30,31,32,34). The number of benzene rings is 1. The second-order valence-corrected chi connectivity index (χ2v) is 8.16. The summed E-state index contributed by atoms with van der Waals surface area (Å²) in [5.74, 6) is 0.581. The van der Waals surface area contributed by atoms with E-state index in [-0.39, 0.29) is 23.3 Å². The first-order valence-corrected chi connectivity index (χ1v) is 10.9. The Hall–Kier alpha value is -4.25. The van der Waals surface area contributed by atoms with Crippen molar-refractivity contribution in [1.82, 2.24) is 25.6 Å². The van der Waals surface area contributed by atoms with Crippen LogP contribution in [-0.2, 0) is 13.0 Å². The second-order valence-electron chi connectivity index (χ2n) is 8.16. The Morgan fingerprint density at radius 3 is 2.68 bits per heavy atom. The molecule has 11 heteroatoms. The van der Waals surface area contributed by atoms with E-state index in [0.29, 0.717) is 17.5 Å². The van der Waals surface area contributed by atoms with Crippen molar-refractivity contribution in [2.75, 3.05) is 22.5 Å². The highest BCUT2D eigenvalue weighted by atomic mass is 16.2. The summed E-state index contributed by atoms with van der Waals surface area (Å²) in [6.45, 7) is 5.54. The smallest absolute Gasteiger partial charge is 0.317 e. The largest absolute Gasteiger partial charge is 0.351 e. The van der Waals surface area contributed by atoms with Crippen LogP contribution in [0.25, 0.3) is 0 Å². The van der Waals surface area contributed by atoms with E-state index in [1.807, 2.05) is 19.9 Å². The van der Waals surface area contributed by atoms with Crippen LogP contribution in [0.5, 0.6) is 0 Å². The summed E-state index contributed by atoms with van der Waals surface area (Å²) >= 11 is 0. The zero-order valence-electron chi connectivity index (χ0n) is 19.0. The van der Waals surface area contributed by atoms with E-state index in [1.165, 1.54) is 23.5 Å². The molecule has 2 aromatic heterocycles. The summed E-state index contributed by atoms with van der Waals surface area (Å²) < 4.78 is 0. The Morgan fingerprint density at radius 1 is 1.06 bits per heavy atom. The van der Waals surface area contributed by atoms with Crippen LogP contribution in [0.4, 0.5) is 33.8 Å². The maximum atomic E-state index is 12.8. The molecule has 0 saturated carbocycles. The molecule has 176 valence electrons. The van der Waals surface area contributed by atoms with Gasteiger partial charge in [0.15, 0.2) is 0 Å². The van der Waals surface area contributed by atoms with Gasteiger partial charge in [0.1, 0.15) is 17.2 Å². The van der Waals surface area contributed by atoms with Crippen molar-refractivity contribution < 1.29 is 9.59 Å². The van der Waals surface area contributed by atoms with E-state index in [9.17, 15) is 9.59 Å². The number of carbonyl (C=O) groups is 2. The maximum absolute atomic E-state index is 12.8. The number of rotatable bonds is 7. The van der Waals surface area contributed by atoms with Gasteiger partial charge < -0.3 is 27.0 Å². The third-order valence-electron chi connectivity index (χ3n) is 5.08. The maximum Gasteiger partial charge on any atom is 0.317 e. The van der Waals surface area contributed by atoms with Crippen LogP contribution in [-0.4, -0.2) is 39.5 Å². The summed E-state index contributed by atoms with van der Waals surface area (Å²) in [5, 5.41) is 15.0. The molecule has 3 amide bonds. The fraction of sp³-hybridized carbons (Fsp3) is 0.261. The number of pyridine rings is 1. The average Bonchev–Trinajstić information content (AvgIpc) is 2.78. The summed E-state index contributed by atoms with van der Waals surface area (Å²) in [4.78, 5) is 36.9. The lowest BCUT2D eigenvalue weighted by Crippen LogP contribution is -2.31. The van der Waals surface area contributed by atoms with Crippen LogP contribution < -0.4 is 32.3 Å². The van der Waals surface area contributed by atoms with Gasteiger partial charge in [-0.3, -0.25) is 10.1 Å². The van der Waals surface area contributed by atoms with Gasteiger partial charge in [0.2, 0.25) is 5.95 Å². The molecule has 0 saturated heterocycles. The molecule has 1 aliphatic heterocycles. The molecule has 11 nitrogen and oxygen atoms in total. The first kappa shape index (κ1) is 22.9. The zero-order chi connectivity index (χ0) is 24.1. The minimum atomic E-state index is -0.726. The Labute approximate surface area is 197 Å². The van der Waals surface area contributed by atoms with Crippen LogP contribution in [0.15, 0.2) is 42.7 Å². The molecular weight excluding hydrogens is 434 g/mol. The van der Waals surface area contributed by atoms with E-state index < -0.39 is 6.03 Å². The number of hydrogen-bond acceptors (Lipinski definition) is 8. The lowest BCUT2D eigenvalue weighted by molar-refractivity contribution is 0.0943. The van der Waals surface area contributed by atoms with Gasteiger partial charge in [-0.1, -0.05) is 6.07 Å². The first-order valence-electron chi connectivity index (χ1n) is 10.9. The van der Waals surface area contributed by atoms with Gasteiger partial charge in [-0.15, -0.1) is 0 Å². The van der Waals surface area contributed by atoms with Crippen LogP contribution in [0.2, 0.25) is 0 Å². The normalized spacial score (nSPS) is 12.6. The summed E-state index contributed by atoms with van der Waals surface area (Å²) in [5.41, 5.74) is 9.41. The van der Waals surface area contributed by atoms with E-state index >= 15 is 0 Å². The Kier molecular flexibility index (Phi) is 6.83. The molecule has 0 radical (unpaired) electrons. The van der Waals surface area contributed by atoms with Crippen molar-refractivity contribution in [2.45, 2.75) is 32.9 Å². The number of carbonyl (C=O) groups excluding carboxylic acids is 2. The highest BCUT2D eigenvalue weighted by Gasteiger charge is 2.17. The molecule has 34 heavy (non-hydrogen) atoms. The molecular formula is C23H27N9O2. The van der Waals surface area contributed by atoms with Crippen molar-refractivity contribution in [3.05, 3.63) is 59.4 Å². The number of urea groups is 1. The number of nitrogens with zero attached hydrogens (tertiary/aromatic N) is 3. The molecule has 0 spiro atoms. The number of hydrogen-bond donors (Lipinski definition) is 6. The number of primary amides is 1. The molecule has 4 rings (SSSR count). The van der Waals surface area contributed by atoms with Gasteiger partial charge in [-0.2, -0.15) is 4.98 Å². The van der Waals surface area contributed by atoms with Crippen LogP contribution in [0.1, 0.15) is 35.3 Å². The third kappa shape index (κ3) is 5.75. The van der Waals surface area contributed by atoms with Crippen LogP contribution >= 0.6 is 0 Å². The fourth-order valence-electron chi connectivity index (χ4n) is 3.57. The minimum Gasteiger partial charge on any atom is -0.351 e. The first-order chi connectivity index (χ1) is 16.4. The highest BCUT2D eigenvalue weighted by molar-refractivity contribution is 5.99. The lowest BCUT2D eigenvalue weighted by atomic mass is 10.0. The summed E-state index contributed by atoms with van der Waals surface area (Å²) in [6.07, 6.45) is 3.97. The van der Waals surface area contributed by atoms with E-state index in [1.54, 1.807) is 12.1 Å². The van der Waals surface area contributed by atoms with Crippen LogP contribution in [0, 0.1) is 0 Å². The zero-order valence-corrected chi connectivity index (χ0v) is 19.0. The minimum absolute atomic E-state index is 0.0606. The summed E-state index contributed by atoms with van der Waals surface area (Å²) in [6, 6.07) is 8.65. The van der Waals surface area contributed by atoms with E-state index in [0.717, 1.165) is 25.2 Å². The Bertz CT molecular complexity index is 1210. The van der Waals surface area contributed by atoms with Crippen molar-refractivity contribution in [3.63, 3.8) is 0 Å². The topological polar surface area (TPSA) is 159 Å². The Balaban J connectivity index is 1.63. The molecule has 7 N–H and O–H groups in total. The Morgan fingerprint density at radius 2 is 1.88 bits per heavy atom. The van der Waals surface area contributed by atoms with E-state index in [2.05, 4.69) is 53.7 Å². The van der Waals surface area contributed by atoms with Gasteiger partial charge in [0.05, 0.1) is 0 Å². The fourth-order valence-corrected chi connectivity index (χ4v) is 3.57. The van der Waals surface area contributed by atoms with Crippen molar-refractivity contribution in [2.24, 2.45) is 5.73 Å². The molecule has 0 atom stereocenters. The number of nitrogens with two attached hydrogens (primary N) is 1. The molecule has 1 aromatic carbocycles. The number of fused-ring (bicyclic) bond motifs is 1. The van der Waals surface area contributed by atoms with Crippen molar-refractivity contribution in [3.8, 4) is 0 Å². The van der Waals surface area contributed by atoms with E-state index in [4.69, 9.17) is 5.73 Å². The van der Waals surface area contributed by atoms with Gasteiger partial charge in [0, 0.05) is 42.4 Å². The molecule has 3 aromatic rings. The summed E-state index contributed by atoms with van der Waals surface area (Å²) in [7, 11) is 0. The quantitative estimate of drug-likeness (QED) is 0.313. The predicted octanol–water partition coefficient (Wildman–Crippen LogP) is 2.63. The number of amides is 3. The molecule has 0 fully saturated rings. The molecule has 3 heterocycles. The lowest BCUT2D eigenvalue weighted by Gasteiger charge is -2.18. The third-order valence-corrected chi connectivity index (χ3v) is 5.08.